The summed E-state index contributed by atoms with van der Waals surface area (Å²) in [4.78, 5) is 17.6. The summed E-state index contributed by atoms with van der Waals surface area (Å²) in [6.07, 6.45) is 6.99. The zero-order chi connectivity index (χ0) is 16.8. The number of anilines is 1. The Balaban J connectivity index is 1.64. The first kappa shape index (κ1) is 14.3. The van der Waals surface area contributed by atoms with Crippen LogP contribution in [0.1, 0.15) is 24.8 Å². The van der Waals surface area contributed by atoms with Crippen LogP contribution in [0.4, 0.5) is 5.69 Å². The fraction of sp³-hybridized carbons (Fsp3) is 0.476. The summed E-state index contributed by atoms with van der Waals surface area (Å²) in [5, 5.41) is 9.50. The predicted octanol–water partition coefficient (Wildman–Crippen LogP) is 2.00. The minimum absolute atomic E-state index is 0.0692. The second-order valence-corrected chi connectivity index (χ2v) is 8.12. The SMILES string of the molecule is O=C1CC=C2C3CC4N(CCC45c4ccccc4N1C25)C/C3=C\CO. The molecular weight excluding hydrogens is 312 g/mol. The lowest BCUT2D eigenvalue weighted by atomic mass is 9.57. The third-order valence-electron chi connectivity index (χ3n) is 7.40. The van der Waals surface area contributed by atoms with Gasteiger partial charge in [-0.1, -0.05) is 35.9 Å². The maximum absolute atomic E-state index is 12.9. The summed E-state index contributed by atoms with van der Waals surface area (Å²) < 4.78 is 0. The van der Waals surface area contributed by atoms with Crippen LogP contribution in [0.3, 0.4) is 0 Å². The molecule has 128 valence electrons. The molecule has 1 aromatic carbocycles. The molecule has 4 unspecified atom stereocenters. The van der Waals surface area contributed by atoms with Crippen LogP contribution in [-0.2, 0) is 10.2 Å². The van der Waals surface area contributed by atoms with Crippen LogP contribution in [0.5, 0.6) is 0 Å². The number of piperidine rings is 1. The Bertz CT molecular complexity index is 857. The summed E-state index contributed by atoms with van der Waals surface area (Å²) in [6.45, 7) is 2.16. The van der Waals surface area contributed by atoms with E-state index < -0.39 is 0 Å². The first-order valence-corrected chi connectivity index (χ1v) is 9.41. The van der Waals surface area contributed by atoms with Crippen molar-refractivity contribution in [1.29, 1.82) is 0 Å². The third-order valence-corrected chi connectivity index (χ3v) is 7.40. The Kier molecular flexibility index (Phi) is 2.64. The molecule has 0 radical (unpaired) electrons. The van der Waals surface area contributed by atoms with E-state index in [1.165, 1.54) is 16.7 Å². The molecule has 4 heterocycles. The smallest absolute Gasteiger partial charge is 0.231 e. The molecule has 5 aliphatic rings. The summed E-state index contributed by atoms with van der Waals surface area (Å²) >= 11 is 0. The van der Waals surface area contributed by atoms with Gasteiger partial charge >= 0.3 is 0 Å². The van der Waals surface area contributed by atoms with E-state index in [9.17, 15) is 9.90 Å². The number of hydrogen-bond donors (Lipinski definition) is 1. The summed E-state index contributed by atoms with van der Waals surface area (Å²) in [7, 11) is 0. The van der Waals surface area contributed by atoms with Crippen molar-refractivity contribution in [3.05, 3.63) is 53.1 Å². The number of aliphatic hydroxyl groups excluding tert-OH is 1. The first-order valence-electron chi connectivity index (χ1n) is 9.41. The van der Waals surface area contributed by atoms with Gasteiger partial charge in [-0.3, -0.25) is 9.69 Å². The summed E-state index contributed by atoms with van der Waals surface area (Å²) in [5.74, 6) is 0.638. The van der Waals surface area contributed by atoms with E-state index in [4.69, 9.17) is 0 Å². The van der Waals surface area contributed by atoms with Crippen molar-refractivity contribution in [1.82, 2.24) is 4.90 Å². The molecule has 1 spiro atoms. The quantitative estimate of drug-likeness (QED) is 0.799. The molecule has 1 aromatic rings. The highest BCUT2D eigenvalue weighted by atomic mass is 16.2. The van der Waals surface area contributed by atoms with Gasteiger partial charge in [-0.25, -0.2) is 0 Å². The van der Waals surface area contributed by atoms with Gasteiger partial charge in [0, 0.05) is 36.0 Å². The zero-order valence-corrected chi connectivity index (χ0v) is 14.2. The molecule has 6 rings (SSSR count). The van der Waals surface area contributed by atoms with Crippen LogP contribution in [0.25, 0.3) is 0 Å². The van der Waals surface area contributed by atoms with Gasteiger partial charge in [0.1, 0.15) is 0 Å². The normalized spacial score (nSPS) is 39.5. The summed E-state index contributed by atoms with van der Waals surface area (Å²) in [6, 6.07) is 9.29. The molecule has 1 N–H and O–H groups in total. The zero-order valence-electron chi connectivity index (χ0n) is 14.2. The fourth-order valence-corrected chi connectivity index (χ4v) is 6.62. The number of carbonyl (C=O) groups is 1. The Morgan fingerprint density at radius 2 is 2.20 bits per heavy atom. The number of para-hydroxylation sites is 1. The van der Waals surface area contributed by atoms with Gasteiger partial charge in [0.05, 0.1) is 12.6 Å². The number of carbonyl (C=O) groups excluding carboxylic acids is 1. The van der Waals surface area contributed by atoms with Crippen molar-refractivity contribution in [2.24, 2.45) is 5.92 Å². The van der Waals surface area contributed by atoms with E-state index in [1.54, 1.807) is 0 Å². The molecule has 4 heteroatoms. The van der Waals surface area contributed by atoms with E-state index >= 15 is 0 Å². The molecular formula is C21H22N2O2. The van der Waals surface area contributed by atoms with Crippen LogP contribution < -0.4 is 4.90 Å². The topological polar surface area (TPSA) is 43.8 Å². The van der Waals surface area contributed by atoms with Crippen molar-refractivity contribution >= 4 is 11.6 Å². The second kappa shape index (κ2) is 4.63. The maximum atomic E-state index is 12.9. The molecule has 4 aliphatic heterocycles. The number of hydrogen-bond acceptors (Lipinski definition) is 3. The van der Waals surface area contributed by atoms with E-state index in [0.717, 1.165) is 31.6 Å². The van der Waals surface area contributed by atoms with Gasteiger partial charge in [0.2, 0.25) is 5.91 Å². The van der Waals surface area contributed by atoms with E-state index in [0.29, 0.717) is 18.4 Å². The van der Waals surface area contributed by atoms with Crippen LogP contribution >= 0.6 is 0 Å². The van der Waals surface area contributed by atoms with Crippen molar-refractivity contribution in [2.75, 3.05) is 24.6 Å². The molecule has 1 saturated carbocycles. The number of rotatable bonds is 1. The molecule has 25 heavy (non-hydrogen) atoms. The average Bonchev–Trinajstić information content (AvgIpc) is 3.17. The lowest BCUT2D eigenvalue weighted by Gasteiger charge is -2.54. The molecule has 1 amide bonds. The third kappa shape index (κ3) is 1.50. The molecule has 1 aliphatic carbocycles. The molecule has 4 nitrogen and oxygen atoms in total. The maximum Gasteiger partial charge on any atom is 0.231 e. The van der Waals surface area contributed by atoms with Gasteiger partial charge in [-0.15, -0.1) is 0 Å². The Morgan fingerprint density at radius 3 is 3.08 bits per heavy atom. The molecule has 4 atom stereocenters. The lowest BCUT2D eigenvalue weighted by molar-refractivity contribution is -0.118. The number of benzene rings is 1. The van der Waals surface area contributed by atoms with Gasteiger partial charge in [0.15, 0.2) is 0 Å². The monoisotopic (exact) mass is 334 g/mol. The molecule has 2 bridgehead atoms. The van der Waals surface area contributed by atoms with Crippen LogP contribution in [0, 0.1) is 5.92 Å². The fourth-order valence-electron chi connectivity index (χ4n) is 6.62. The number of nitrogens with zero attached hydrogens (tertiary/aromatic N) is 2. The van der Waals surface area contributed by atoms with Gasteiger partial charge in [-0.05, 0) is 36.6 Å². The summed E-state index contributed by atoms with van der Waals surface area (Å²) in [5.41, 5.74) is 5.39. The minimum atomic E-state index is 0.0692. The second-order valence-electron chi connectivity index (χ2n) is 8.12. The van der Waals surface area contributed by atoms with Crippen molar-refractivity contribution in [3.8, 4) is 0 Å². The van der Waals surface area contributed by atoms with Crippen molar-refractivity contribution < 1.29 is 9.90 Å². The Morgan fingerprint density at radius 1 is 1.32 bits per heavy atom. The van der Waals surface area contributed by atoms with Crippen molar-refractivity contribution in [2.45, 2.75) is 36.8 Å². The first-order chi connectivity index (χ1) is 12.3. The lowest BCUT2D eigenvalue weighted by Crippen LogP contribution is -2.62. The minimum Gasteiger partial charge on any atom is -0.392 e. The average molecular weight is 334 g/mol. The number of fused-ring (bicyclic) bond motifs is 4. The van der Waals surface area contributed by atoms with Gasteiger partial charge in [-0.2, -0.15) is 0 Å². The molecule has 0 aromatic heterocycles. The highest BCUT2D eigenvalue weighted by molar-refractivity contribution is 6.00. The van der Waals surface area contributed by atoms with Crippen LogP contribution in [0.2, 0.25) is 0 Å². The van der Waals surface area contributed by atoms with Crippen LogP contribution in [0.15, 0.2) is 47.6 Å². The molecule has 3 fully saturated rings. The highest BCUT2D eigenvalue weighted by Gasteiger charge is 2.67. The standard InChI is InChI=1S/C21H22N2O2/c24-10-7-13-12-22-9-8-21-16-3-1-2-4-17(16)23-19(25)6-5-14(20(21)23)15(13)11-18(21)22/h1-5,7,15,18,20,24H,6,8-12H2/b13-7+. The Hall–Kier alpha value is -1.91. The predicted molar refractivity (Wildman–Crippen MR) is 95.3 cm³/mol. The van der Waals surface area contributed by atoms with Gasteiger partial charge < -0.3 is 10.0 Å². The van der Waals surface area contributed by atoms with Crippen LogP contribution in [-0.4, -0.2) is 47.7 Å². The van der Waals surface area contributed by atoms with E-state index in [1.807, 2.05) is 6.08 Å². The van der Waals surface area contributed by atoms with Gasteiger partial charge in [0.25, 0.3) is 0 Å². The van der Waals surface area contributed by atoms with Crippen molar-refractivity contribution in [3.63, 3.8) is 0 Å². The Labute approximate surface area is 147 Å². The van der Waals surface area contributed by atoms with E-state index in [2.05, 4.69) is 40.1 Å². The van der Waals surface area contributed by atoms with E-state index in [-0.39, 0.29) is 24.0 Å². The molecule has 2 saturated heterocycles. The highest BCUT2D eigenvalue weighted by Crippen LogP contribution is 2.63. The largest absolute Gasteiger partial charge is 0.392 e. The number of aliphatic hydroxyl groups is 1. The number of amides is 1.